The van der Waals surface area contributed by atoms with Gasteiger partial charge in [-0.05, 0) is 43.9 Å². The maximum absolute atomic E-state index is 5.99. The Hall–Kier alpha value is -1.40. The van der Waals surface area contributed by atoms with Crippen LogP contribution in [0.2, 0.25) is 0 Å². The van der Waals surface area contributed by atoms with E-state index >= 15 is 0 Å². The molecule has 0 saturated heterocycles. The first kappa shape index (κ1) is 13.6. The van der Waals surface area contributed by atoms with Crippen molar-refractivity contribution in [3.8, 4) is 11.5 Å². The molecule has 1 aromatic heterocycles. The molecule has 1 heterocycles. The number of hydrogen-bond acceptors (Lipinski definition) is 5. The normalized spacial score (nSPS) is 17.5. The van der Waals surface area contributed by atoms with Crippen LogP contribution in [0, 0.1) is 0 Å². The van der Waals surface area contributed by atoms with Crippen molar-refractivity contribution in [2.45, 2.75) is 31.3 Å². The summed E-state index contributed by atoms with van der Waals surface area (Å²) in [6.45, 7) is 0. The van der Waals surface area contributed by atoms with Crippen LogP contribution in [0.15, 0.2) is 27.2 Å². The van der Waals surface area contributed by atoms with Gasteiger partial charge < -0.3 is 15.0 Å². The van der Waals surface area contributed by atoms with Gasteiger partial charge >= 0.3 is 0 Å². The van der Waals surface area contributed by atoms with Gasteiger partial charge in [-0.3, -0.25) is 0 Å². The number of ether oxygens (including phenoxy) is 1. The molecule has 0 atom stereocenters. The number of hydrogen-bond donors (Lipinski definition) is 1. The number of anilines is 1. The van der Waals surface area contributed by atoms with E-state index in [-0.39, 0.29) is 0 Å². The topological polar surface area (TPSA) is 74.2 Å². The molecule has 0 radical (unpaired) electrons. The van der Waals surface area contributed by atoms with Crippen LogP contribution in [-0.4, -0.2) is 17.3 Å². The third-order valence-corrected chi connectivity index (χ3v) is 4.37. The lowest BCUT2D eigenvalue weighted by Crippen LogP contribution is -2.25. The van der Waals surface area contributed by atoms with Crippen LogP contribution < -0.4 is 5.73 Å². The molecule has 1 aliphatic rings. The number of benzene rings is 1. The highest BCUT2D eigenvalue weighted by atomic mass is 79.9. The number of halogens is 1. The average Bonchev–Trinajstić information content (AvgIpc) is 3.08. The first-order valence-electron chi connectivity index (χ1n) is 6.59. The molecule has 20 heavy (non-hydrogen) atoms. The third-order valence-electron chi connectivity index (χ3n) is 3.88. The summed E-state index contributed by atoms with van der Waals surface area (Å²) >= 11 is 3.38. The van der Waals surface area contributed by atoms with E-state index in [0.717, 1.165) is 35.7 Å². The Kier molecular flexibility index (Phi) is 3.52. The summed E-state index contributed by atoms with van der Waals surface area (Å²) in [7, 11) is 1.70. The standard InChI is InChI=1S/C14H16BrN3O2/c1-19-14(6-2-3-7-14)13-17-12(20-18-13)10-5-4-9(15)8-11(10)16/h4-5,8H,2-3,6-7,16H2,1H3. The number of nitrogens with two attached hydrogens (primary N) is 1. The highest BCUT2D eigenvalue weighted by molar-refractivity contribution is 9.10. The molecule has 0 spiro atoms. The van der Waals surface area contributed by atoms with E-state index in [0.29, 0.717) is 17.4 Å². The second-order valence-corrected chi connectivity index (χ2v) is 5.98. The lowest BCUT2D eigenvalue weighted by Gasteiger charge is -2.22. The lowest BCUT2D eigenvalue weighted by atomic mass is 10.0. The fraction of sp³-hybridized carbons (Fsp3) is 0.429. The molecule has 0 bridgehead atoms. The molecule has 2 aromatic rings. The molecule has 5 nitrogen and oxygen atoms in total. The van der Waals surface area contributed by atoms with Gasteiger partial charge in [0.15, 0.2) is 0 Å². The molecule has 1 saturated carbocycles. The van der Waals surface area contributed by atoms with Crippen molar-refractivity contribution in [3.05, 3.63) is 28.5 Å². The summed E-state index contributed by atoms with van der Waals surface area (Å²) in [4.78, 5) is 4.50. The van der Waals surface area contributed by atoms with E-state index in [9.17, 15) is 0 Å². The van der Waals surface area contributed by atoms with Crippen LogP contribution in [-0.2, 0) is 10.3 Å². The first-order valence-corrected chi connectivity index (χ1v) is 7.39. The van der Waals surface area contributed by atoms with Crippen LogP contribution in [0.4, 0.5) is 5.69 Å². The van der Waals surface area contributed by atoms with Gasteiger partial charge in [0.2, 0.25) is 5.82 Å². The van der Waals surface area contributed by atoms with E-state index < -0.39 is 5.60 Å². The Morgan fingerprint density at radius 1 is 1.35 bits per heavy atom. The zero-order valence-electron chi connectivity index (χ0n) is 11.2. The van der Waals surface area contributed by atoms with Gasteiger partial charge in [0.25, 0.3) is 5.89 Å². The molecule has 6 heteroatoms. The van der Waals surface area contributed by atoms with Gasteiger partial charge in [0.1, 0.15) is 5.60 Å². The van der Waals surface area contributed by atoms with Crippen molar-refractivity contribution in [3.63, 3.8) is 0 Å². The van der Waals surface area contributed by atoms with Gasteiger partial charge in [0, 0.05) is 17.3 Å². The molecule has 106 valence electrons. The third kappa shape index (κ3) is 2.23. The number of methoxy groups -OCH3 is 1. The highest BCUT2D eigenvalue weighted by Crippen LogP contribution is 2.41. The minimum absolute atomic E-state index is 0.397. The van der Waals surface area contributed by atoms with Crippen LogP contribution in [0.5, 0.6) is 0 Å². The smallest absolute Gasteiger partial charge is 0.260 e. The first-order chi connectivity index (χ1) is 9.64. The molecule has 1 aliphatic carbocycles. The second kappa shape index (κ2) is 5.18. The Morgan fingerprint density at radius 3 is 2.75 bits per heavy atom. The SMILES string of the molecule is COC1(c2noc(-c3ccc(Br)cc3N)n2)CCCC1. The fourth-order valence-electron chi connectivity index (χ4n) is 2.71. The molecule has 1 fully saturated rings. The van der Waals surface area contributed by atoms with Crippen molar-refractivity contribution in [2.75, 3.05) is 12.8 Å². The molecular weight excluding hydrogens is 322 g/mol. The lowest BCUT2D eigenvalue weighted by molar-refractivity contribution is -0.0178. The van der Waals surface area contributed by atoms with Crippen molar-refractivity contribution in [1.29, 1.82) is 0 Å². The second-order valence-electron chi connectivity index (χ2n) is 5.06. The molecule has 2 N–H and O–H groups in total. The van der Waals surface area contributed by atoms with E-state index in [1.807, 2.05) is 18.2 Å². The molecule has 3 rings (SSSR count). The maximum Gasteiger partial charge on any atom is 0.260 e. The van der Waals surface area contributed by atoms with Crippen LogP contribution >= 0.6 is 15.9 Å². The van der Waals surface area contributed by atoms with Gasteiger partial charge in [-0.2, -0.15) is 4.98 Å². The summed E-state index contributed by atoms with van der Waals surface area (Å²) in [6, 6.07) is 5.59. The van der Waals surface area contributed by atoms with Crippen molar-refractivity contribution < 1.29 is 9.26 Å². The number of aromatic nitrogens is 2. The molecular formula is C14H16BrN3O2. The number of nitrogens with zero attached hydrogens (tertiary/aromatic N) is 2. The Labute approximate surface area is 125 Å². The molecule has 0 unspecified atom stereocenters. The van der Waals surface area contributed by atoms with Crippen molar-refractivity contribution in [2.24, 2.45) is 0 Å². The molecule has 0 aliphatic heterocycles. The van der Waals surface area contributed by atoms with E-state index in [2.05, 4.69) is 26.1 Å². The van der Waals surface area contributed by atoms with Crippen LogP contribution in [0.3, 0.4) is 0 Å². The summed E-state index contributed by atoms with van der Waals surface area (Å²) in [5.74, 6) is 1.06. The van der Waals surface area contributed by atoms with E-state index in [1.54, 1.807) is 7.11 Å². The Balaban J connectivity index is 1.97. The number of nitrogen functional groups attached to an aromatic ring is 1. The van der Waals surface area contributed by atoms with Crippen molar-refractivity contribution in [1.82, 2.24) is 10.1 Å². The van der Waals surface area contributed by atoms with Crippen LogP contribution in [0.25, 0.3) is 11.5 Å². The van der Waals surface area contributed by atoms with Crippen LogP contribution in [0.1, 0.15) is 31.5 Å². The zero-order chi connectivity index (χ0) is 14.2. The number of rotatable bonds is 3. The predicted octanol–water partition coefficient (Wildman–Crippen LogP) is 3.50. The summed E-state index contributed by atoms with van der Waals surface area (Å²) in [5, 5.41) is 4.10. The molecule has 0 amide bonds. The van der Waals surface area contributed by atoms with E-state index in [4.69, 9.17) is 15.0 Å². The van der Waals surface area contributed by atoms with E-state index in [1.165, 1.54) is 0 Å². The predicted molar refractivity (Wildman–Crippen MR) is 79.0 cm³/mol. The average molecular weight is 338 g/mol. The largest absolute Gasteiger partial charge is 0.398 e. The van der Waals surface area contributed by atoms with Gasteiger partial charge in [-0.25, -0.2) is 0 Å². The minimum Gasteiger partial charge on any atom is -0.398 e. The zero-order valence-corrected chi connectivity index (χ0v) is 12.8. The molecule has 1 aromatic carbocycles. The minimum atomic E-state index is -0.397. The Bertz CT molecular complexity index is 621. The summed E-state index contributed by atoms with van der Waals surface area (Å²) in [5.41, 5.74) is 6.95. The van der Waals surface area contributed by atoms with Crippen molar-refractivity contribution >= 4 is 21.6 Å². The summed E-state index contributed by atoms with van der Waals surface area (Å²) in [6.07, 6.45) is 4.10. The highest BCUT2D eigenvalue weighted by Gasteiger charge is 2.40. The quantitative estimate of drug-likeness (QED) is 0.867. The van der Waals surface area contributed by atoms with Gasteiger partial charge in [-0.15, -0.1) is 0 Å². The monoisotopic (exact) mass is 337 g/mol. The van der Waals surface area contributed by atoms with Gasteiger partial charge in [-0.1, -0.05) is 21.1 Å². The summed E-state index contributed by atoms with van der Waals surface area (Å²) < 4.78 is 12.0. The fourth-order valence-corrected chi connectivity index (χ4v) is 3.09. The van der Waals surface area contributed by atoms with Gasteiger partial charge in [0.05, 0.1) is 5.56 Å². The Morgan fingerprint density at radius 2 is 2.10 bits per heavy atom. The maximum atomic E-state index is 5.99.